The van der Waals surface area contributed by atoms with E-state index in [0.29, 0.717) is 22.8 Å². The average Bonchev–Trinajstić information content (AvgIpc) is 2.67. The van der Waals surface area contributed by atoms with E-state index in [1.54, 1.807) is 30.3 Å². The fourth-order valence-electron chi connectivity index (χ4n) is 2.51. The van der Waals surface area contributed by atoms with Gasteiger partial charge >= 0.3 is 5.97 Å². The summed E-state index contributed by atoms with van der Waals surface area (Å²) in [5.41, 5.74) is 3.23. The first-order valence-electron chi connectivity index (χ1n) is 9.03. The van der Waals surface area contributed by atoms with E-state index in [0.717, 1.165) is 15.6 Å². The Morgan fingerprint density at radius 3 is 2.48 bits per heavy atom. The number of hydrogen-bond donors (Lipinski definition) is 2. The van der Waals surface area contributed by atoms with Gasteiger partial charge in [-0.2, -0.15) is 0 Å². The molecule has 6 nitrogen and oxygen atoms in total. The van der Waals surface area contributed by atoms with Gasteiger partial charge in [0.1, 0.15) is 0 Å². The van der Waals surface area contributed by atoms with Crippen LogP contribution in [0, 0.1) is 13.8 Å². The Hall–Kier alpha value is -2.38. The molecular formula is C21H22BrClN2O4. The molecule has 29 heavy (non-hydrogen) atoms. The first-order valence-corrected chi connectivity index (χ1v) is 10.2. The van der Waals surface area contributed by atoms with Crippen LogP contribution in [0.1, 0.15) is 30.4 Å². The number of anilines is 2. The fourth-order valence-corrected chi connectivity index (χ4v) is 3.13. The van der Waals surface area contributed by atoms with E-state index in [2.05, 4.69) is 26.6 Å². The zero-order valence-corrected chi connectivity index (χ0v) is 18.5. The van der Waals surface area contributed by atoms with Crippen LogP contribution in [0.4, 0.5) is 11.4 Å². The van der Waals surface area contributed by atoms with Crippen LogP contribution >= 0.6 is 27.5 Å². The minimum atomic E-state index is -0.528. The molecule has 0 spiro atoms. The summed E-state index contributed by atoms with van der Waals surface area (Å²) in [6.45, 7) is 3.47. The minimum Gasteiger partial charge on any atom is -0.456 e. The van der Waals surface area contributed by atoms with E-state index in [-0.39, 0.29) is 25.4 Å². The number of carbonyl (C=O) groups excluding carboxylic acids is 3. The topological polar surface area (TPSA) is 84.5 Å². The number of halogens is 2. The average molecular weight is 482 g/mol. The molecule has 0 atom stereocenters. The molecule has 0 aliphatic rings. The number of ether oxygens (including phenoxy) is 1. The van der Waals surface area contributed by atoms with Crippen LogP contribution in [0.5, 0.6) is 0 Å². The summed E-state index contributed by atoms with van der Waals surface area (Å²) in [7, 11) is 0. The Kier molecular flexibility index (Phi) is 8.67. The van der Waals surface area contributed by atoms with E-state index in [1.807, 2.05) is 19.9 Å². The second-order valence-electron chi connectivity index (χ2n) is 6.47. The lowest BCUT2D eigenvalue weighted by atomic mass is 10.1. The molecule has 8 heteroatoms. The highest BCUT2D eigenvalue weighted by Crippen LogP contribution is 2.25. The fraction of sp³-hybridized carbons (Fsp3) is 0.286. The van der Waals surface area contributed by atoms with Crippen LogP contribution in [0.2, 0.25) is 5.02 Å². The summed E-state index contributed by atoms with van der Waals surface area (Å²) in [5.74, 6) is -1.17. The van der Waals surface area contributed by atoms with Gasteiger partial charge in [0.15, 0.2) is 6.61 Å². The molecule has 0 bridgehead atoms. The van der Waals surface area contributed by atoms with Gasteiger partial charge in [-0.25, -0.2) is 0 Å². The van der Waals surface area contributed by atoms with Crippen LogP contribution in [-0.2, 0) is 19.1 Å². The van der Waals surface area contributed by atoms with Gasteiger partial charge < -0.3 is 15.4 Å². The summed E-state index contributed by atoms with van der Waals surface area (Å²) in [5, 5.41) is 5.96. The molecule has 0 saturated carbocycles. The largest absolute Gasteiger partial charge is 0.456 e. The minimum absolute atomic E-state index is 0.0483. The smallest absolute Gasteiger partial charge is 0.306 e. The lowest BCUT2D eigenvalue weighted by Gasteiger charge is -2.12. The van der Waals surface area contributed by atoms with Gasteiger partial charge in [-0.05, 0) is 61.7 Å². The third-order valence-electron chi connectivity index (χ3n) is 4.25. The molecule has 0 saturated heterocycles. The molecule has 2 aromatic carbocycles. The van der Waals surface area contributed by atoms with Crippen LogP contribution in [0.25, 0.3) is 0 Å². The number of carbonyl (C=O) groups is 3. The number of benzene rings is 2. The van der Waals surface area contributed by atoms with Crippen LogP contribution < -0.4 is 10.6 Å². The summed E-state index contributed by atoms with van der Waals surface area (Å²) >= 11 is 9.30. The molecular weight excluding hydrogens is 460 g/mol. The number of nitrogens with one attached hydrogen (secondary N) is 2. The van der Waals surface area contributed by atoms with Crippen molar-refractivity contribution >= 4 is 56.7 Å². The van der Waals surface area contributed by atoms with Crippen LogP contribution in [-0.4, -0.2) is 24.4 Å². The summed E-state index contributed by atoms with van der Waals surface area (Å²) in [4.78, 5) is 35.7. The quantitative estimate of drug-likeness (QED) is 0.519. The monoisotopic (exact) mass is 480 g/mol. The molecule has 2 amide bonds. The van der Waals surface area contributed by atoms with Crippen molar-refractivity contribution in [1.29, 1.82) is 0 Å². The van der Waals surface area contributed by atoms with Crippen molar-refractivity contribution in [1.82, 2.24) is 0 Å². The number of esters is 1. The summed E-state index contributed by atoms with van der Waals surface area (Å²) < 4.78 is 5.93. The maximum Gasteiger partial charge on any atom is 0.306 e. The normalized spacial score (nSPS) is 10.3. The molecule has 0 heterocycles. The number of amides is 2. The lowest BCUT2D eigenvalue weighted by Crippen LogP contribution is -2.21. The Morgan fingerprint density at radius 1 is 1.00 bits per heavy atom. The molecule has 2 N–H and O–H groups in total. The summed E-state index contributed by atoms with van der Waals surface area (Å²) in [6.07, 6.45) is 0.524. The highest BCUT2D eigenvalue weighted by molar-refractivity contribution is 9.10. The highest BCUT2D eigenvalue weighted by atomic mass is 79.9. The van der Waals surface area contributed by atoms with E-state index in [9.17, 15) is 14.4 Å². The Bertz CT molecular complexity index is 918. The van der Waals surface area contributed by atoms with Crippen molar-refractivity contribution in [2.75, 3.05) is 17.2 Å². The first kappa shape index (κ1) is 22.9. The van der Waals surface area contributed by atoms with Crippen LogP contribution in [0.3, 0.4) is 0 Å². The van der Waals surface area contributed by atoms with Crippen LogP contribution in [0.15, 0.2) is 40.9 Å². The van der Waals surface area contributed by atoms with Crippen molar-refractivity contribution in [2.45, 2.75) is 33.1 Å². The van der Waals surface area contributed by atoms with Gasteiger partial charge in [0.05, 0.1) is 0 Å². The van der Waals surface area contributed by atoms with Gasteiger partial charge in [0.25, 0.3) is 5.91 Å². The van der Waals surface area contributed by atoms with E-state index in [4.69, 9.17) is 16.3 Å². The zero-order chi connectivity index (χ0) is 21.4. The second-order valence-corrected chi connectivity index (χ2v) is 7.76. The summed E-state index contributed by atoms with van der Waals surface area (Å²) in [6, 6.07) is 10.4. The second kappa shape index (κ2) is 11.0. The van der Waals surface area contributed by atoms with E-state index >= 15 is 0 Å². The maximum absolute atomic E-state index is 12.0. The molecule has 0 unspecified atom stereocenters. The third kappa shape index (κ3) is 7.51. The molecule has 2 aromatic rings. The third-order valence-corrected chi connectivity index (χ3v) is 5.35. The number of rotatable bonds is 8. The molecule has 0 fully saturated rings. The van der Waals surface area contributed by atoms with Crippen molar-refractivity contribution in [3.05, 3.63) is 57.0 Å². The SMILES string of the molecule is Cc1c(Br)ccc(NC(=O)COC(=O)CCCC(=O)Nc2cccc(Cl)c2)c1C. The van der Waals surface area contributed by atoms with Crippen molar-refractivity contribution in [3.8, 4) is 0 Å². The predicted molar refractivity (Wildman–Crippen MR) is 117 cm³/mol. The zero-order valence-electron chi connectivity index (χ0n) is 16.2. The van der Waals surface area contributed by atoms with Gasteiger partial charge in [-0.15, -0.1) is 0 Å². The highest BCUT2D eigenvalue weighted by Gasteiger charge is 2.12. The molecule has 0 aliphatic carbocycles. The van der Waals surface area contributed by atoms with Gasteiger partial charge in [0.2, 0.25) is 5.91 Å². The molecule has 2 rings (SSSR count). The van der Waals surface area contributed by atoms with E-state index < -0.39 is 11.9 Å². The van der Waals surface area contributed by atoms with Crippen molar-refractivity contribution in [3.63, 3.8) is 0 Å². The predicted octanol–water partition coefficient (Wildman–Crippen LogP) is 5.01. The maximum atomic E-state index is 12.0. The number of hydrogen-bond acceptors (Lipinski definition) is 4. The van der Waals surface area contributed by atoms with Gasteiger partial charge in [-0.3, -0.25) is 14.4 Å². The van der Waals surface area contributed by atoms with Crippen molar-refractivity contribution < 1.29 is 19.1 Å². The van der Waals surface area contributed by atoms with Gasteiger partial charge in [0, 0.05) is 33.7 Å². The standard InChI is InChI=1S/C21H22BrClN2O4/c1-13-14(2)18(10-9-17(13)22)25-20(27)12-29-21(28)8-4-7-19(26)24-16-6-3-5-15(23)11-16/h3,5-6,9-11H,4,7-8,12H2,1-2H3,(H,24,26)(H,25,27). The Labute approximate surface area is 183 Å². The van der Waals surface area contributed by atoms with Crippen molar-refractivity contribution in [2.24, 2.45) is 0 Å². The first-order chi connectivity index (χ1) is 13.8. The molecule has 0 aliphatic heterocycles. The van der Waals surface area contributed by atoms with Gasteiger partial charge in [-0.1, -0.05) is 33.6 Å². The molecule has 0 aromatic heterocycles. The molecule has 0 radical (unpaired) electrons. The lowest BCUT2D eigenvalue weighted by molar-refractivity contribution is -0.147. The Morgan fingerprint density at radius 2 is 1.76 bits per heavy atom. The molecule has 154 valence electrons. The van der Waals surface area contributed by atoms with E-state index in [1.165, 1.54) is 0 Å². The Balaban J connectivity index is 1.68.